The van der Waals surface area contributed by atoms with E-state index in [1.807, 2.05) is 19.1 Å². The highest BCUT2D eigenvalue weighted by molar-refractivity contribution is 14.1. The molecular formula is C11H13IO3. The van der Waals surface area contributed by atoms with Crippen LogP contribution in [0.3, 0.4) is 0 Å². The maximum atomic E-state index is 11.5. The molecule has 0 radical (unpaired) electrons. The molecule has 0 aromatic heterocycles. The summed E-state index contributed by atoms with van der Waals surface area (Å²) in [5.41, 5.74) is 0.485. The molecule has 0 aliphatic heterocycles. The topological polar surface area (TPSA) is 35.5 Å². The molecule has 0 unspecified atom stereocenters. The van der Waals surface area contributed by atoms with Crippen molar-refractivity contribution in [2.45, 2.75) is 13.8 Å². The molecule has 82 valence electrons. The van der Waals surface area contributed by atoms with Gasteiger partial charge in [-0.3, -0.25) is 0 Å². The molecule has 0 fully saturated rings. The van der Waals surface area contributed by atoms with Crippen LogP contribution >= 0.6 is 22.6 Å². The van der Waals surface area contributed by atoms with E-state index in [1.165, 1.54) is 0 Å². The highest BCUT2D eigenvalue weighted by atomic mass is 127. The van der Waals surface area contributed by atoms with Crippen molar-refractivity contribution in [2.75, 3.05) is 13.2 Å². The van der Waals surface area contributed by atoms with Crippen LogP contribution in [-0.4, -0.2) is 19.2 Å². The molecule has 0 N–H and O–H groups in total. The Kier molecular flexibility index (Phi) is 4.87. The Hall–Kier alpha value is -0.780. The summed E-state index contributed by atoms with van der Waals surface area (Å²) < 4.78 is 11.3. The molecule has 0 bridgehead atoms. The number of rotatable bonds is 4. The van der Waals surface area contributed by atoms with E-state index in [1.54, 1.807) is 13.0 Å². The first kappa shape index (κ1) is 12.3. The number of halogens is 1. The molecule has 1 aromatic carbocycles. The van der Waals surface area contributed by atoms with Crippen LogP contribution in [0.5, 0.6) is 5.75 Å². The lowest BCUT2D eigenvalue weighted by Crippen LogP contribution is -2.07. The second-order valence-corrected chi connectivity index (χ2v) is 4.04. The zero-order chi connectivity index (χ0) is 11.3. The maximum absolute atomic E-state index is 11.5. The van der Waals surface area contributed by atoms with Gasteiger partial charge in [-0.1, -0.05) is 0 Å². The fraction of sp³-hybridized carbons (Fsp3) is 0.364. The third kappa shape index (κ3) is 3.37. The molecule has 0 saturated heterocycles. The summed E-state index contributed by atoms with van der Waals surface area (Å²) in [6.45, 7) is 4.57. The highest BCUT2D eigenvalue weighted by Crippen LogP contribution is 2.22. The Morgan fingerprint density at radius 1 is 1.33 bits per heavy atom. The lowest BCUT2D eigenvalue weighted by atomic mass is 10.2. The summed E-state index contributed by atoms with van der Waals surface area (Å²) in [7, 11) is 0. The largest absolute Gasteiger partial charge is 0.493 e. The van der Waals surface area contributed by atoms with Gasteiger partial charge in [0.1, 0.15) is 11.3 Å². The van der Waals surface area contributed by atoms with Gasteiger partial charge in [-0.25, -0.2) is 4.79 Å². The second kappa shape index (κ2) is 5.95. The number of esters is 1. The SMILES string of the molecule is CCOC(=O)c1ccc(I)cc1OCC. The molecule has 0 heterocycles. The molecule has 1 aromatic rings. The molecule has 3 nitrogen and oxygen atoms in total. The van der Waals surface area contributed by atoms with E-state index in [9.17, 15) is 4.79 Å². The van der Waals surface area contributed by atoms with Gasteiger partial charge in [0.05, 0.1) is 13.2 Å². The first-order valence-electron chi connectivity index (χ1n) is 4.78. The van der Waals surface area contributed by atoms with Gasteiger partial charge in [-0.15, -0.1) is 0 Å². The molecule has 4 heteroatoms. The molecule has 0 saturated carbocycles. The van der Waals surface area contributed by atoms with Gasteiger partial charge >= 0.3 is 5.97 Å². The summed E-state index contributed by atoms with van der Waals surface area (Å²) in [6, 6.07) is 5.41. The average molecular weight is 320 g/mol. The molecule has 0 aliphatic rings. The van der Waals surface area contributed by atoms with Crippen LogP contribution in [-0.2, 0) is 4.74 Å². The van der Waals surface area contributed by atoms with E-state index in [2.05, 4.69) is 22.6 Å². The summed E-state index contributed by atoms with van der Waals surface area (Å²) in [6.07, 6.45) is 0. The Labute approximate surface area is 103 Å². The quantitative estimate of drug-likeness (QED) is 0.632. The molecule has 1 rings (SSSR count). The van der Waals surface area contributed by atoms with Crippen LogP contribution in [0.4, 0.5) is 0 Å². The normalized spacial score (nSPS) is 9.80. The van der Waals surface area contributed by atoms with Gasteiger partial charge in [-0.05, 0) is 54.6 Å². The predicted molar refractivity (Wildman–Crippen MR) is 66.3 cm³/mol. The Morgan fingerprint density at radius 2 is 2.07 bits per heavy atom. The van der Waals surface area contributed by atoms with Gasteiger partial charge < -0.3 is 9.47 Å². The number of carbonyl (C=O) groups excluding carboxylic acids is 1. The lowest BCUT2D eigenvalue weighted by molar-refractivity contribution is 0.0522. The number of hydrogen-bond donors (Lipinski definition) is 0. The Balaban J connectivity index is 2.99. The monoisotopic (exact) mass is 320 g/mol. The lowest BCUT2D eigenvalue weighted by Gasteiger charge is -2.09. The Bertz CT molecular complexity index is 350. The van der Waals surface area contributed by atoms with Crippen molar-refractivity contribution < 1.29 is 14.3 Å². The zero-order valence-corrected chi connectivity index (χ0v) is 10.9. The third-order valence-corrected chi connectivity index (χ3v) is 2.41. The van der Waals surface area contributed by atoms with Crippen LogP contribution in [0.2, 0.25) is 0 Å². The minimum absolute atomic E-state index is 0.336. The van der Waals surface area contributed by atoms with Crippen molar-refractivity contribution in [1.82, 2.24) is 0 Å². The summed E-state index contributed by atoms with van der Waals surface area (Å²) >= 11 is 2.17. The summed E-state index contributed by atoms with van der Waals surface area (Å²) in [4.78, 5) is 11.5. The van der Waals surface area contributed by atoms with Gasteiger partial charge in [0, 0.05) is 3.57 Å². The van der Waals surface area contributed by atoms with Crippen LogP contribution in [0.25, 0.3) is 0 Å². The summed E-state index contributed by atoms with van der Waals surface area (Å²) in [5, 5.41) is 0. The number of carbonyl (C=O) groups is 1. The van der Waals surface area contributed by atoms with Gasteiger partial charge in [0.25, 0.3) is 0 Å². The van der Waals surface area contributed by atoms with E-state index >= 15 is 0 Å². The van der Waals surface area contributed by atoms with Crippen molar-refractivity contribution in [1.29, 1.82) is 0 Å². The maximum Gasteiger partial charge on any atom is 0.341 e. The van der Waals surface area contributed by atoms with E-state index in [0.717, 1.165) is 3.57 Å². The second-order valence-electron chi connectivity index (χ2n) is 2.79. The van der Waals surface area contributed by atoms with Crippen molar-refractivity contribution in [2.24, 2.45) is 0 Å². The van der Waals surface area contributed by atoms with Crippen molar-refractivity contribution in [3.05, 3.63) is 27.3 Å². The van der Waals surface area contributed by atoms with Gasteiger partial charge in [0.15, 0.2) is 0 Å². The van der Waals surface area contributed by atoms with Gasteiger partial charge in [-0.2, -0.15) is 0 Å². The molecule has 15 heavy (non-hydrogen) atoms. The van der Waals surface area contributed by atoms with Crippen molar-refractivity contribution >= 4 is 28.6 Å². The van der Waals surface area contributed by atoms with Crippen LogP contribution in [0.15, 0.2) is 18.2 Å². The fourth-order valence-corrected chi connectivity index (χ4v) is 1.61. The van der Waals surface area contributed by atoms with E-state index in [-0.39, 0.29) is 5.97 Å². The van der Waals surface area contributed by atoms with Crippen LogP contribution < -0.4 is 4.74 Å². The number of hydrogen-bond acceptors (Lipinski definition) is 3. The average Bonchev–Trinajstić information content (AvgIpc) is 2.18. The highest BCUT2D eigenvalue weighted by Gasteiger charge is 2.13. The Morgan fingerprint density at radius 3 is 2.67 bits per heavy atom. The number of benzene rings is 1. The van der Waals surface area contributed by atoms with E-state index in [4.69, 9.17) is 9.47 Å². The third-order valence-electron chi connectivity index (χ3n) is 1.74. The van der Waals surface area contributed by atoms with E-state index in [0.29, 0.717) is 24.5 Å². The minimum Gasteiger partial charge on any atom is -0.493 e. The minimum atomic E-state index is -0.336. The van der Waals surface area contributed by atoms with Gasteiger partial charge in [0.2, 0.25) is 0 Å². The fourth-order valence-electron chi connectivity index (χ4n) is 1.15. The smallest absolute Gasteiger partial charge is 0.341 e. The first-order chi connectivity index (χ1) is 7.19. The molecule has 0 aliphatic carbocycles. The predicted octanol–water partition coefficient (Wildman–Crippen LogP) is 2.87. The molecular weight excluding hydrogens is 307 g/mol. The van der Waals surface area contributed by atoms with Crippen LogP contribution in [0.1, 0.15) is 24.2 Å². The van der Waals surface area contributed by atoms with Crippen LogP contribution in [0, 0.1) is 3.57 Å². The summed E-state index contributed by atoms with van der Waals surface area (Å²) in [5.74, 6) is 0.250. The number of ether oxygens (including phenoxy) is 2. The molecule has 0 spiro atoms. The standard InChI is InChI=1S/C11H13IO3/c1-3-14-10-7-8(12)5-6-9(10)11(13)15-4-2/h5-7H,3-4H2,1-2H3. The molecule has 0 atom stereocenters. The van der Waals surface area contributed by atoms with Crippen molar-refractivity contribution in [3.63, 3.8) is 0 Å². The zero-order valence-electron chi connectivity index (χ0n) is 8.75. The first-order valence-corrected chi connectivity index (χ1v) is 5.86. The van der Waals surface area contributed by atoms with E-state index < -0.39 is 0 Å². The molecule has 0 amide bonds. The van der Waals surface area contributed by atoms with Crippen molar-refractivity contribution in [3.8, 4) is 5.75 Å².